The Morgan fingerprint density at radius 2 is 1.11 bits per heavy atom. The molecule has 54 heavy (non-hydrogen) atoms. The summed E-state index contributed by atoms with van der Waals surface area (Å²) >= 11 is 0. The zero-order chi connectivity index (χ0) is 43.3. The lowest BCUT2D eigenvalue weighted by atomic mass is 9.74. The molecule has 0 spiro atoms. The van der Waals surface area contributed by atoms with Crippen molar-refractivity contribution in [3.8, 4) is 0 Å². The van der Waals surface area contributed by atoms with E-state index in [2.05, 4.69) is 180 Å². The largest absolute Gasteiger partial charge is 0.100 e. The average molecular weight is 747 g/mol. The van der Waals surface area contributed by atoms with E-state index in [0.717, 1.165) is 29.4 Å². The van der Waals surface area contributed by atoms with Crippen LogP contribution in [0.4, 0.5) is 0 Å². The van der Waals surface area contributed by atoms with Crippen LogP contribution in [0.2, 0.25) is 0 Å². The van der Waals surface area contributed by atoms with Gasteiger partial charge in [0.1, 0.15) is 0 Å². The molecule has 0 radical (unpaired) electrons. The Hall–Kier alpha value is -2.60. The van der Waals surface area contributed by atoms with E-state index in [1.165, 1.54) is 116 Å². The molecule has 2 aliphatic carbocycles. The number of allylic oxidation sites excluding steroid dienone is 9. The zero-order valence-electron chi connectivity index (χ0n) is 40.3. The van der Waals surface area contributed by atoms with Crippen molar-refractivity contribution in [3.63, 3.8) is 0 Å². The SMILES string of the molecule is C=C(C)C(=C)C.C=C(C)C1(C)C=CC(C)=C(C)C1.C=C(C)CCCC.C=C(CC)C1CC1.CCCC.CCCC.CCCC(C)C.Cc1ccccc1C. The van der Waals surface area contributed by atoms with Crippen molar-refractivity contribution in [1.29, 1.82) is 0 Å². The number of hydrogen-bond acceptors (Lipinski definition) is 0. The molecule has 1 saturated carbocycles. The van der Waals surface area contributed by atoms with Crippen LogP contribution in [0.1, 0.15) is 205 Å². The van der Waals surface area contributed by atoms with Crippen molar-refractivity contribution in [2.75, 3.05) is 0 Å². The van der Waals surface area contributed by atoms with Gasteiger partial charge in [0.15, 0.2) is 0 Å². The molecule has 0 bridgehead atoms. The van der Waals surface area contributed by atoms with E-state index in [0.29, 0.717) is 0 Å². The molecule has 0 amide bonds. The minimum Gasteiger partial charge on any atom is -0.100 e. The van der Waals surface area contributed by atoms with Gasteiger partial charge in [0.2, 0.25) is 0 Å². The standard InChI is InChI=1S/C12H18.C8H10.C7H12.C7H14.C6H10.C6H14.2C4H10/c1-9(2)12(5)7-6-10(3)11(4)8-12;1-7-5-3-4-6-8(7)2;1-3-6(2)7-4-5-7;1-4-5-6-7(2)3;1-5(2)6(3)4;1-4-5-6(2)3;2*1-3-4-2/h6-7H,1,8H2,2-5H3;3-6H,1-2H3;7H,2-5H2,1H3;2,4-6H2,1,3H3;1,3H2,2,4H3;6H,4-5H2,1-3H3;2*3-4H2,1-2H3. The molecule has 1 unspecified atom stereocenters. The first kappa shape index (κ1) is 60.6. The highest BCUT2D eigenvalue weighted by Gasteiger charge is 2.25. The van der Waals surface area contributed by atoms with Gasteiger partial charge in [0, 0.05) is 5.41 Å². The molecule has 0 aliphatic heterocycles. The van der Waals surface area contributed by atoms with E-state index in [1.807, 2.05) is 13.8 Å². The predicted molar refractivity (Wildman–Crippen MR) is 258 cm³/mol. The summed E-state index contributed by atoms with van der Waals surface area (Å²) in [5.74, 6) is 1.82. The fourth-order valence-electron chi connectivity index (χ4n) is 3.99. The lowest BCUT2D eigenvalue weighted by Crippen LogP contribution is -2.17. The maximum Gasteiger partial charge on any atom is 0.00974 e. The summed E-state index contributed by atoms with van der Waals surface area (Å²) in [7, 11) is 0. The molecule has 1 fully saturated rings. The second kappa shape index (κ2) is 40.1. The van der Waals surface area contributed by atoms with Crippen LogP contribution in [-0.2, 0) is 0 Å². The molecule has 0 N–H and O–H groups in total. The zero-order valence-corrected chi connectivity index (χ0v) is 40.3. The number of hydrogen-bond donors (Lipinski definition) is 0. The van der Waals surface area contributed by atoms with Crippen LogP contribution in [0.5, 0.6) is 0 Å². The topological polar surface area (TPSA) is 0 Å². The van der Waals surface area contributed by atoms with Crippen LogP contribution in [0.15, 0.2) is 108 Å². The monoisotopic (exact) mass is 747 g/mol. The molecule has 3 rings (SSSR count). The number of unbranched alkanes of at least 4 members (excludes halogenated alkanes) is 3. The minimum atomic E-state index is 0.198. The molecule has 0 nitrogen and oxygen atoms in total. The van der Waals surface area contributed by atoms with Crippen molar-refractivity contribution in [2.24, 2.45) is 17.3 Å². The Balaban J connectivity index is -0.000000174. The summed E-state index contributed by atoms with van der Waals surface area (Å²) in [6, 6.07) is 8.36. The Morgan fingerprint density at radius 3 is 1.28 bits per heavy atom. The second-order valence-corrected chi connectivity index (χ2v) is 16.3. The fraction of sp³-hybridized carbons (Fsp3) is 0.630. The first-order chi connectivity index (χ1) is 25.1. The van der Waals surface area contributed by atoms with E-state index in [-0.39, 0.29) is 5.41 Å². The van der Waals surface area contributed by atoms with Crippen LogP contribution in [0, 0.1) is 31.1 Å². The summed E-state index contributed by atoms with van der Waals surface area (Å²) in [5.41, 5.74) is 12.0. The lowest BCUT2D eigenvalue weighted by Gasteiger charge is -2.30. The third-order valence-electron chi connectivity index (χ3n) is 9.57. The molecule has 1 aromatic rings. The molecule has 1 atom stereocenters. The van der Waals surface area contributed by atoms with E-state index < -0.39 is 0 Å². The quantitative estimate of drug-likeness (QED) is 0.156. The number of benzene rings is 1. The van der Waals surface area contributed by atoms with E-state index in [9.17, 15) is 0 Å². The average Bonchev–Trinajstić information content (AvgIpc) is 3.97. The van der Waals surface area contributed by atoms with Crippen molar-refractivity contribution >= 4 is 0 Å². The molecular weight excluding hydrogens is 649 g/mol. The lowest BCUT2D eigenvalue weighted by molar-refractivity contribution is 0.501. The number of rotatable bonds is 11. The molecule has 0 saturated heterocycles. The summed E-state index contributed by atoms with van der Waals surface area (Å²) in [6.45, 7) is 57.9. The summed E-state index contributed by atoms with van der Waals surface area (Å²) in [4.78, 5) is 0. The van der Waals surface area contributed by atoms with E-state index in [1.54, 1.807) is 0 Å². The van der Waals surface area contributed by atoms with Crippen LogP contribution in [0.3, 0.4) is 0 Å². The molecule has 314 valence electrons. The Morgan fingerprint density at radius 1 is 0.685 bits per heavy atom. The summed E-state index contributed by atoms with van der Waals surface area (Å²) < 4.78 is 0. The van der Waals surface area contributed by atoms with Crippen molar-refractivity contribution in [1.82, 2.24) is 0 Å². The van der Waals surface area contributed by atoms with E-state index >= 15 is 0 Å². The molecular formula is C54H98. The van der Waals surface area contributed by atoms with Crippen LogP contribution >= 0.6 is 0 Å². The predicted octanol–water partition coefficient (Wildman–Crippen LogP) is 19.5. The first-order valence-electron chi connectivity index (χ1n) is 21.8. The molecule has 2 aliphatic rings. The van der Waals surface area contributed by atoms with Gasteiger partial charge in [-0.25, -0.2) is 0 Å². The second-order valence-electron chi connectivity index (χ2n) is 16.3. The van der Waals surface area contributed by atoms with Gasteiger partial charge in [-0.1, -0.05) is 216 Å². The molecule has 0 heteroatoms. The van der Waals surface area contributed by atoms with Crippen LogP contribution < -0.4 is 0 Å². The van der Waals surface area contributed by atoms with Gasteiger partial charge in [0.25, 0.3) is 0 Å². The minimum absolute atomic E-state index is 0.198. The maximum absolute atomic E-state index is 4.04. The van der Waals surface area contributed by atoms with Crippen molar-refractivity contribution < 1.29 is 0 Å². The first-order valence-corrected chi connectivity index (χ1v) is 21.8. The molecule has 0 heterocycles. The van der Waals surface area contributed by atoms with Crippen molar-refractivity contribution in [2.45, 2.75) is 208 Å². The Bertz CT molecular complexity index is 1120. The fourth-order valence-corrected chi connectivity index (χ4v) is 3.99. The summed E-state index contributed by atoms with van der Waals surface area (Å²) in [5, 5.41) is 0. The number of aryl methyl sites for hydroxylation is 2. The highest BCUT2D eigenvalue weighted by molar-refractivity contribution is 5.34. The summed E-state index contributed by atoms with van der Waals surface area (Å²) in [6.07, 6.45) is 21.4. The van der Waals surface area contributed by atoms with Gasteiger partial charge in [-0.3, -0.25) is 0 Å². The van der Waals surface area contributed by atoms with Gasteiger partial charge >= 0.3 is 0 Å². The molecule has 1 aromatic carbocycles. The van der Waals surface area contributed by atoms with Gasteiger partial charge in [-0.15, -0.1) is 6.58 Å². The third-order valence-corrected chi connectivity index (χ3v) is 9.57. The molecule has 0 aromatic heterocycles. The van der Waals surface area contributed by atoms with Crippen LogP contribution in [-0.4, -0.2) is 0 Å². The maximum atomic E-state index is 4.04. The Kier molecular flexibility index (Phi) is 45.0. The Labute approximate surface area is 343 Å². The van der Waals surface area contributed by atoms with Crippen molar-refractivity contribution in [3.05, 3.63) is 119 Å². The van der Waals surface area contributed by atoms with Crippen LogP contribution in [0.25, 0.3) is 0 Å². The van der Waals surface area contributed by atoms with Gasteiger partial charge in [-0.2, -0.15) is 0 Å². The van der Waals surface area contributed by atoms with Gasteiger partial charge in [0.05, 0.1) is 0 Å². The third kappa shape index (κ3) is 43.8. The van der Waals surface area contributed by atoms with E-state index in [4.69, 9.17) is 0 Å². The highest BCUT2D eigenvalue weighted by Crippen LogP contribution is 2.38. The highest BCUT2D eigenvalue weighted by atomic mass is 14.3. The van der Waals surface area contributed by atoms with Gasteiger partial charge < -0.3 is 0 Å². The smallest absolute Gasteiger partial charge is 0.00974 e. The normalized spacial score (nSPS) is 14.6. The van der Waals surface area contributed by atoms with Gasteiger partial charge in [-0.05, 0) is 117 Å².